The van der Waals surface area contributed by atoms with Crippen molar-refractivity contribution in [1.29, 1.82) is 0 Å². The molecule has 0 fully saturated rings. The summed E-state index contributed by atoms with van der Waals surface area (Å²) in [5, 5.41) is 9.50. The average molecular weight is 364 g/mol. The lowest BCUT2D eigenvalue weighted by Gasteiger charge is -2.08. The molecule has 0 atom stereocenters. The Labute approximate surface area is 156 Å². The van der Waals surface area contributed by atoms with Crippen LogP contribution in [0.25, 0.3) is 11.4 Å². The van der Waals surface area contributed by atoms with Gasteiger partial charge in [-0.2, -0.15) is 4.98 Å². The highest BCUT2D eigenvalue weighted by Gasteiger charge is 2.13. The van der Waals surface area contributed by atoms with Crippen LogP contribution < -0.4 is 10.6 Å². The minimum Gasteiger partial charge on any atom is -0.350 e. The summed E-state index contributed by atoms with van der Waals surface area (Å²) in [6, 6.07) is 15.9. The minimum atomic E-state index is -0.220. The highest BCUT2D eigenvalue weighted by atomic mass is 16.5. The van der Waals surface area contributed by atoms with E-state index >= 15 is 0 Å². The summed E-state index contributed by atoms with van der Waals surface area (Å²) in [4.78, 5) is 28.5. The first-order valence-electron chi connectivity index (χ1n) is 8.60. The lowest BCUT2D eigenvalue weighted by Crippen LogP contribution is -2.30. The first-order chi connectivity index (χ1) is 13.0. The predicted octanol–water partition coefficient (Wildman–Crippen LogP) is 2.80. The summed E-state index contributed by atoms with van der Waals surface area (Å²) in [5.41, 5.74) is 1.74. The van der Waals surface area contributed by atoms with Crippen LogP contribution in [0.4, 0.5) is 0 Å². The largest absolute Gasteiger partial charge is 0.350 e. The number of nitrogens with one attached hydrogen (secondary N) is 2. The van der Waals surface area contributed by atoms with Gasteiger partial charge in [0.05, 0.1) is 6.54 Å². The van der Waals surface area contributed by atoms with Crippen LogP contribution in [0.3, 0.4) is 0 Å². The van der Waals surface area contributed by atoms with Gasteiger partial charge >= 0.3 is 0 Å². The number of hydrogen-bond acceptors (Lipinski definition) is 5. The molecule has 0 saturated heterocycles. The van der Waals surface area contributed by atoms with E-state index in [1.807, 2.05) is 19.9 Å². The zero-order valence-corrected chi connectivity index (χ0v) is 15.1. The Kier molecular flexibility index (Phi) is 5.61. The number of amides is 2. The SMILES string of the molecule is CC(C)NC(=O)c1cccc(-c2noc(CNC(=O)c3ccccc3)n2)c1. The van der Waals surface area contributed by atoms with Gasteiger partial charge in [0, 0.05) is 22.7 Å². The third-order valence-electron chi connectivity index (χ3n) is 3.71. The van der Waals surface area contributed by atoms with Gasteiger partial charge in [0.25, 0.3) is 11.8 Å². The van der Waals surface area contributed by atoms with E-state index in [4.69, 9.17) is 4.52 Å². The molecule has 3 rings (SSSR count). The van der Waals surface area contributed by atoms with Gasteiger partial charge in [-0.05, 0) is 38.1 Å². The molecule has 7 heteroatoms. The van der Waals surface area contributed by atoms with Crippen LogP contribution in [-0.2, 0) is 6.54 Å². The molecule has 0 spiro atoms. The van der Waals surface area contributed by atoms with Crippen LogP contribution in [0.2, 0.25) is 0 Å². The van der Waals surface area contributed by atoms with Gasteiger partial charge in [0.1, 0.15) is 0 Å². The summed E-state index contributed by atoms with van der Waals surface area (Å²) in [7, 11) is 0. The number of carbonyl (C=O) groups excluding carboxylic acids is 2. The Bertz CT molecular complexity index is 935. The molecule has 1 aromatic heterocycles. The van der Waals surface area contributed by atoms with Crippen LogP contribution in [0.5, 0.6) is 0 Å². The monoisotopic (exact) mass is 364 g/mol. The number of nitrogens with zero attached hydrogens (tertiary/aromatic N) is 2. The van der Waals surface area contributed by atoms with E-state index in [-0.39, 0.29) is 30.3 Å². The van der Waals surface area contributed by atoms with Crippen molar-refractivity contribution in [3.63, 3.8) is 0 Å². The molecule has 0 aliphatic rings. The van der Waals surface area contributed by atoms with E-state index in [0.717, 1.165) is 0 Å². The molecule has 2 amide bonds. The summed E-state index contributed by atoms with van der Waals surface area (Å²) in [6.45, 7) is 3.92. The fraction of sp³-hybridized carbons (Fsp3) is 0.200. The Morgan fingerprint density at radius 3 is 2.48 bits per heavy atom. The van der Waals surface area contributed by atoms with Crippen LogP contribution in [0.1, 0.15) is 40.5 Å². The molecule has 0 aliphatic carbocycles. The van der Waals surface area contributed by atoms with Gasteiger partial charge in [0.15, 0.2) is 0 Å². The number of rotatable bonds is 6. The maximum Gasteiger partial charge on any atom is 0.251 e. The van der Waals surface area contributed by atoms with Gasteiger partial charge in [-0.15, -0.1) is 0 Å². The van der Waals surface area contributed by atoms with Gasteiger partial charge in [0.2, 0.25) is 11.7 Å². The Balaban J connectivity index is 1.67. The van der Waals surface area contributed by atoms with Crippen molar-refractivity contribution in [2.45, 2.75) is 26.4 Å². The van der Waals surface area contributed by atoms with Crippen LogP contribution in [0.15, 0.2) is 59.1 Å². The Hall–Kier alpha value is -3.48. The highest BCUT2D eigenvalue weighted by Crippen LogP contribution is 2.17. The zero-order valence-electron chi connectivity index (χ0n) is 15.1. The van der Waals surface area contributed by atoms with E-state index < -0.39 is 0 Å². The average Bonchev–Trinajstić information content (AvgIpc) is 3.15. The second-order valence-electron chi connectivity index (χ2n) is 6.27. The second-order valence-corrected chi connectivity index (χ2v) is 6.27. The number of aromatic nitrogens is 2. The van der Waals surface area contributed by atoms with E-state index in [0.29, 0.717) is 22.5 Å². The molecular formula is C20H20N4O3. The van der Waals surface area contributed by atoms with Crippen molar-refractivity contribution in [2.24, 2.45) is 0 Å². The van der Waals surface area contributed by atoms with E-state index in [2.05, 4.69) is 20.8 Å². The van der Waals surface area contributed by atoms with Gasteiger partial charge in [-0.25, -0.2) is 0 Å². The fourth-order valence-electron chi connectivity index (χ4n) is 2.44. The maximum atomic E-state index is 12.1. The number of benzene rings is 2. The first kappa shape index (κ1) is 18.3. The standard InChI is InChI=1S/C20H20N4O3/c1-13(2)22-20(26)16-10-6-9-15(11-16)18-23-17(27-24-18)12-21-19(25)14-7-4-3-5-8-14/h3-11,13H,12H2,1-2H3,(H,21,25)(H,22,26). The van der Waals surface area contributed by atoms with Gasteiger partial charge < -0.3 is 15.2 Å². The third kappa shape index (κ3) is 4.78. The molecule has 138 valence electrons. The van der Waals surface area contributed by atoms with Crippen molar-refractivity contribution in [3.05, 3.63) is 71.6 Å². The molecule has 0 unspecified atom stereocenters. The topological polar surface area (TPSA) is 97.1 Å². The Morgan fingerprint density at radius 1 is 1.00 bits per heavy atom. The zero-order chi connectivity index (χ0) is 19.2. The normalized spacial score (nSPS) is 10.6. The van der Waals surface area contributed by atoms with Gasteiger partial charge in [-0.3, -0.25) is 9.59 Å². The summed E-state index contributed by atoms with van der Waals surface area (Å²) in [5.74, 6) is 0.262. The predicted molar refractivity (Wildman–Crippen MR) is 99.9 cm³/mol. The summed E-state index contributed by atoms with van der Waals surface area (Å²) < 4.78 is 5.19. The molecule has 2 N–H and O–H groups in total. The summed E-state index contributed by atoms with van der Waals surface area (Å²) >= 11 is 0. The van der Waals surface area contributed by atoms with Crippen molar-refractivity contribution in [3.8, 4) is 11.4 Å². The third-order valence-corrected chi connectivity index (χ3v) is 3.71. The molecule has 7 nitrogen and oxygen atoms in total. The molecule has 3 aromatic rings. The maximum absolute atomic E-state index is 12.1. The smallest absolute Gasteiger partial charge is 0.251 e. The molecule has 1 heterocycles. The van der Waals surface area contributed by atoms with Crippen molar-refractivity contribution >= 4 is 11.8 Å². The van der Waals surface area contributed by atoms with E-state index in [1.54, 1.807) is 48.5 Å². The molecular weight excluding hydrogens is 344 g/mol. The second kappa shape index (κ2) is 8.27. The molecule has 2 aromatic carbocycles. The molecule has 0 bridgehead atoms. The minimum absolute atomic E-state index is 0.0474. The number of hydrogen-bond donors (Lipinski definition) is 2. The molecule has 0 aliphatic heterocycles. The van der Waals surface area contributed by atoms with Crippen LogP contribution in [-0.4, -0.2) is 28.0 Å². The highest BCUT2D eigenvalue weighted by molar-refractivity contribution is 5.95. The van der Waals surface area contributed by atoms with Crippen molar-refractivity contribution < 1.29 is 14.1 Å². The Morgan fingerprint density at radius 2 is 1.74 bits per heavy atom. The number of carbonyl (C=O) groups is 2. The molecule has 0 saturated carbocycles. The van der Waals surface area contributed by atoms with Gasteiger partial charge in [-0.1, -0.05) is 35.5 Å². The van der Waals surface area contributed by atoms with Crippen molar-refractivity contribution in [2.75, 3.05) is 0 Å². The first-order valence-corrected chi connectivity index (χ1v) is 8.60. The van der Waals surface area contributed by atoms with Crippen LogP contribution in [0, 0.1) is 0 Å². The van der Waals surface area contributed by atoms with E-state index in [1.165, 1.54) is 0 Å². The summed E-state index contributed by atoms with van der Waals surface area (Å²) in [6.07, 6.45) is 0. The lowest BCUT2D eigenvalue weighted by atomic mass is 10.1. The van der Waals surface area contributed by atoms with E-state index in [9.17, 15) is 9.59 Å². The fourth-order valence-corrected chi connectivity index (χ4v) is 2.44. The lowest BCUT2D eigenvalue weighted by molar-refractivity contribution is 0.0936. The quantitative estimate of drug-likeness (QED) is 0.701. The van der Waals surface area contributed by atoms with Crippen molar-refractivity contribution in [1.82, 2.24) is 20.8 Å². The van der Waals surface area contributed by atoms with Crippen LogP contribution >= 0.6 is 0 Å². The molecule has 27 heavy (non-hydrogen) atoms. The molecule has 0 radical (unpaired) electrons.